The van der Waals surface area contributed by atoms with E-state index in [-0.39, 0.29) is 0 Å². The normalized spacial score (nSPS) is 21.5. The number of rotatable bonds is 2. The smallest absolute Gasteiger partial charge is 0.0850 e. The molecule has 88 valence electrons. The van der Waals surface area contributed by atoms with E-state index in [0.717, 1.165) is 31.4 Å². The first kappa shape index (κ1) is 11.4. The summed E-state index contributed by atoms with van der Waals surface area (Å²) in [5, 5.41) is 4.53. The van der Waals surface area contributed by atoms with Gasteiger partial charge in [-0.25, -0.2) is 0 Å². The summed E-state index contributed by atoms with van der Waals surface area (Å²) in [6, 6.07) is 2.93. The number of nitrogens with zero attached hydrogens (tertiary/aromatic N) is 2. The fraction of sp³-hybridized carbons (Fsp3) is 0.615. The van der Waals surface area contributed by atoms with Crippen LogP contribution in [0.1, 0.15) is 51.3 Å². The number of aromatic nitrogens is 2. The van der Waals surface area contributed by atoms with Crippen molar-refractivity contribution in [3.63, 3.8) is 0 Å². The maximum atomic E-state index is 5.89. The number of hydrogen-bond acceptors (Lipinski definition) is 2. The summed E-state index contributed by atoms with van der Waals surface area (Å²) in [7, 11) is 0. The molecule has 1 aliphatic carbocycles. The molecule has 0 radical (unpaired) electrons. The van der Waals surface area contributed by atoms with Crippen LogP contribution < -0.4 is 5.73 Å². The highest BCUT2D eigenvalue weighted by atomic mass is 15.3. The lowest BCUT2D eigenvalue weighted by molar-refractivity contribution is 0.513. The minimum Gasteiger partial charge on any atom is -0.328 e. The van der Waals surface area contributed by atoms with Crippen LogP contribution in [0, 0.1) is 0 Å². The van der Waals surface area contributed by atoms with Crippen molar-refractivity contribution in [2.24, 2.45) is 5.73 Å². The lowest BCUT2D eigenvalue weighted by Gasteiger charge is -2.19. The van der Waals surface area contributed by atoms with Crippen molar-refractivity contribution < 1.29 is 0 Å². The Morgan fingerprint density at radius 2 is 2.12 bits per heavy atom. The molecule has 0 aliphatic heterocycles. The van der Waals surface area contributed by atoms with Crippen molar-refractivity contribution >= 4 is 6.08 Å². The molecule has 1 saturated carbocycles. The summed E-state index contributed by atoms with van der Waals surface area (Å²) in [6.07, 6.45) is 8.79. The van der Waals surface area contributed by atoms with Gasteiger partial charge in [0.1, 0.15) is 0 Å². The molecule has 1 aromatic heterocycles. The van der Waals surface area contributed by atoms with Crippen LogP contribution in [0.15, 0.2) is 17.8 Å². The van der Waals surface area contributed by atoms with Gasteiger partial charge >= 0.3 is 0 Å². The minimum atomic E-state index is 0.408. The number of allylic oxidation sites excluding steroid dienone is 1. The molecular formula is C13H21N3. The molecule has 0 unspecified atom stereocenters. The Bertz CT molecular complexity index is 366. The van der Waals surface area contributed by atoms with E-state index in [4.69, 9.17) is 5.73 Å². The van der Waals surface area contributed by atoms with Gasteiger partial charge in [-0.2, -0.15) is 5.10 Å². The first-order valence-corrected chi connectivity index (χ1v) is 6.15. The monoisotopic (exact) mass is 219 g/mol. The van der Waals surface area contributed by atoms with Crippen LogP contribution in [0.3, 0.4) is 0 Å². The van der Waals surface area contributed by atoms with Crippen LogP contribution in [0.4, 0.5) is 0 Å². The van der Waals surface area contributed by atoms with E-state index >= 15 is 0 Å². The molecule has 3 nitrogen and oxygen atoms in total. The Balaban J connectivity index is 2.04. The molecule has 0 amide bonds. The lowest BCUT2D eigenvalue weighted by Crippen LogP contribution is -2.23. The van der Waals surface area contributed by atoms with Gasteiger partial charge in [-0.3, -0.25) is 4.68 Å². The Kier molecular flexibility index (Phi) is 3.44. The second-order valence-corrected chi connectivity index (χ2v) is 4.95. The van der Waals surface area contributed by atoms with Crippen molar-refractivity contribution in [2.75, 3.05) is 0 Å². The first-order chi connectivity index (χ1) is 7.65. The van der Waals surface area contributed by atoms with Gasteiger partial charge in [0.15, 0.2) is 0 Å². The fourth-order valence-corrected chi connectivity index (χ4v) is 2.08. The minimum absolute atomic E-state index is 0.408. The highest BCUT2D eigenvalue weighted by Crippen LogP contribution is 2.24. The summed E-state index contributed by atoms with van der Waals surface area (Å²) < 4.78 is 2.00. The molecule has 0 atom stereocenters. The van der Waals surface area contributed by atoms with E-state index in [1.54, 1.807) is 0 Å². The van der Waals surface area contributed by atoms with Crippen LogP contribution in [-0.2, 0) is 0 Å². The number of nitrogens with two attached hydrogens (primary N) is 1. The van der Waals surface area contributed by atoms with Crippen molar-refractivity contribution in [3.05, 3.63) is 23.5 Å². The molecule has 0 aromatic carbocycles. The molecule has 16 heavy (non-hydrogen) atoms. The summed E-state index contributed by atoms with van der Waals surface area (Å²) in [5.74, 6) is 0. The average Bonchev–Trinajstić information content (AvgIpc) is 2.70. The topological polar surface area (TPSA) is 43.8 Å². The maximum absolute atomic E-state index is 5.89. The molecular weight excluding hydrogens is 198 g/mol. The van der Waals surface area contributed by atoms with Crippen molar-refractivity contribution in [1.29, 1.82) is 0 Å². The quantitative estimate of drug-likeness (QED) is 0.831. The second-order valence-electron chi connectivity index (χ2n) is 4.95. The van der Waals surface area contributed by atoms with Crippen LogP contribution in [0.2, 0.25) is 0 Å². The zero-order chi connectivity index (χ0) is 11.5. The molecule has 0 bridgehead atoms. The third-order valence-corrected chi connectivity index (χ3v) is 3.18. The van der Waals surface area contributed by atoms with Crippen molar-refractivity contribution in [1.82, 2.24) is 9.78 Å². The molecule has 1 aliphatic rings. The summed E-state index contributed by atoms with van der Waals surface area (Å²) >= 11 is 0. The second kappa shape index (κ2) is 4.83. The van der Waals surface area contributed by atoms with Gasteiger partial charge in [-0.1, -0.05) is 5.57 Å². The Morgan fingerprint density at radius 3 is 2.69 bits per heavy atom. The standard InChI is InChI=1S/C13H21N3/c1-10(2)16-8-7-13(15-16)9-11-3-5-12(14)6-4-11/h7-10,12H,3-6,14H2,1-2H3. The van der Waals surface area contributed by atoms with Crippen LogP contribution >= 0.6 is 0 Å². The molecule has 2 rings (SSSR count). The van der Waals surface area contributed by atoms with Gasteiger partial charge in [0, 0.05) is 18.3 Å². The molecule has 3 heteroatoms. The summed E-state index contributed by atoms with van der Waals surface area (Å²) in [5.41, 5.74) is 8.47. The maximum Gasteiger partial charge on any atom is 0.0850 e. The van der Waals surface area contributed by atoms with E-state index < -0.39 is 0 Å². The molecule has 1 fully saturated rings. The van der Waals surface area contributed by atoms with E-state index in [0.29, 0.717) is 12.1 Å². The molecule has 1 aromatic rings. The van der Waals surface area contributed by atoms with Gasteiger partial charge in [-0.15, -0.1) is 0 Å². The lowest BCUT2D eigenvalue weighted by atomic mass is 9.91. The zero-order valence-corrected chi connectivity index (χ0v) is 10.2. The van der Waals surface area contributed by atoms with E-state index in [1.807, 2.05) is 10.9 Å². The van der Waals surface area contributed by atoms with Crippen LogP contribution in [-0.4, -0.2) is 15.8 Å². The fourth-order valence-electron chi connectivity index (χ4n) is 2.08. The van der Waals surface area contributed by atoms with E-state index in [9.17, 15) is 0 Å². The van der Waals surface area contributed by atoms with E-state index in [2.05, 4.69) is 31.1 Å². The third kappa shape index (κ3) is 2.73. The zero-order valence-electron chi connectivity index (χ0n) is 10.2. The predicted molar refractivity (Wildman–Crippen MR) is 67.0 cm³/mol. The van der Waals surface area contributed by atoms with E-state index in [1.165, 1.54) is 5.57 Å². The highest BCUT2D eigenvalue weighted by Gasteiger charge is 2.12. The molecule has 1 heterocycles. The van der Waals surface area contributed by atoms with Gasteiger partial charge in [-0.05, 0) is 51.7 Å². The van der Waals surface area contributed by atoms with Crippen LogP contribution in [0.25, 0.3) is 6.08 Å². The third-order valence-electron chi connectivity index (χ3n) is 3.18. The highest BCUT2D eigenvalue weighted by molar-refractivity contribution is 5.48. The van der Waals surface area contributed by atoms with Crippen LogP contribution in [0.5, 0.6) is 0 Å². The van der Waals surface area contributed by atoms with Gasteiger partial charge in [0.25, 0.3) is 0 Å². The van der Waals surface area contributed by atoms with Crippen molar-refractivity contribution in [3.8, 4) is 0 Å². The SMILES string of the molecule is CC(C)n1ccc(C=C2CCC(N)CC2)n1. The van der Waals surface area contributed by atoms with Gasteiger partial charge < -0.3 is 5.73 Å². The van der Waals surface area contributed by atoms with Gasteiger partial charge in [0.05, 0.1) is 5.69 Å². The Morgan fingerprint density at radius 1 is 1.44 bits per heavy atom. The summed E-state index contributed by atoms with van der Waals surface area (Å²) in [6.45, 7) is 4.28. The predicted octanol–water partition coefficient (Wildman–Crippen LogP) is 2.75. The first-order valence-electron chi connectivity index (χ1n) is 6.15. The molecule has 2 N–H and O–H groups in total. The molecule has 0 spiro atoms. The van der Waals surface area contributed by atoms with Gasteiger partial charge in [0.2, 0.25) is 0 Å². The molecule has 0 saturated heterocycles. The van der Waals surface area contributed by atoms with Crippen molar-refractivity contribution in [2.45, 2.75) is 51.6 Å². The summed E-state index contributed by atoms with van der Waals surface area (Å²) in [4.78, 5) is 0. The Labute approximate surface area is 97.3 Å². The Hall–Kier alpha value is -1.09. The largest absolute Gasteiger partial charge is 0.328 e. The average molecular weight is 219 g/mol. The number of hydrogen-bond donors (Lipinski definition) is 1.